The van der Waals surface area contributed by atoms with Crippen LogP contribution in [-0.4, -0.2) is 30.4 Å². The predicted molar refractivity (Wildman–Crippen MR) is 82.3 cm³/mol. The second-order valence-corrected chi connectivity index (χ2v) is 6.32. The third kappa shape index (κ3) is 5.46. The van der Waals surface area contributed by atoms with Crippen LogP contribution in [0.4, 0.5) is 4.39 Å². The van der Waals surface area contributed by atoms with Crippen molar-refractivity contribution in [2.24, 2.45) is 5.92 Å². The summed E-state index contributed by atoms with van der Waals surface area (Å²) in [4.78, 5) is 14.0. The summed E-state index contributed by atoms with van der Waals surface area (Å²) >= 11 is 0. The highest BCUT2D eigenvalue weighted by molar-refractivity contribution is 5.78. The van der Waals surface area contributed by atoms with Gasteiger partial charge in [0.1, 0.15) is 5.82 Å². The van der Waals surface area contributed by atoms with E-state index in [1.807, 2.05) is 11.9 Å². The lowest BCUT2D eigenvalue weighted by Crippen LogP contribution is -2.42. The number of amides is 1. The van der Waals surface area contributed by atoms with Gasteiger partial charge in [-0.2, -0.15) is 0 Å². The lowest BCUT2D eigenvalue weighted by Gasteiger charge is -2.27. The Kier molecular flexibility index (Phi) is 5.74. The Hall–Kier alpha value is -1.42. The minimum Gasteiger partial charge on any atom is -0.352 e. The minimum absolute atomic E-state index is 0.0826. The lowest BCUT2D eigenvalue weighted by molar-refractivity contribution is -0.123. The van der Waals surface area contributed by atoms with Crippen LogP contribution in [0.1, 0.15) is 38.2 Å². The van der Waals surface area contributed by atoms with Crippen molar-refractivity contribution in [2.45, 2.75) is 45.2 Å². The van der Waals surface area contributed by atoms with Crippen LogP contribution < -0.4 is 5.32 Å². The van der Waals surface area contributed by atoms with E-state index in [1.165, 1.54) is 25.0 Å². The van der Waals surface area contributed by atoms with Gasteiger partial charge >= 0.3 is 0 Å². The standard InChI is InChI=1S/C17H25FN2O/c1-13-3-9-16(10-4-13)19-17(21)12-20(2)11-14-5-7-15(18)8-6-14/h5-8,13,16H,3-4,9-12H2,1-2H3,(H,19,21). The first-order valence-electron chi connectivity index (χ1n) is 7.75. The SMILES string of the molecule is CC1CCC(NC(=O)CN(C)Cc2ccc(F)cc2)CC1. The fourth-order valence-electron chi connectivity index (χ4n) is 2.88. The molecular weight excluding hydrogens is 267 g/mol. The minimum atomic E-state index is -0.231. The number of carbonyl (C=O) groups excluding carboxylic acids is 1. The normalized spacial score (nSPS) is 22.3. The highest BCUT2D eigenvalue weighted by atomic mass is 19.1. The second-order valence-electron chi connectivity index (χ2n) is 6.32. The molecule has 0 unspecified atom stereocenters. The van der Waals surface area contributed by atoms with E-state index >= 15 is 0 Å². The van der Waals surface area contributed by atoms with Crippen molar-refractivity contribution in [3.63, 3.8) is 0 Å². The molecule has 1 N–H and O–H groups in total. The molecule has 0 saturated heterocycles. The summed E-state index contributed by atoms with van der Waals surface area (Å²) in [6, 6.07) is 6.75. The van der Waals surface area contributed by atoms with E-state index in [2.05, 4.69) is 12.2 Å². The van der Waals surface area contributed by atoms with Crippen LogP contribution in [0.15, 0.2) is 24.3 Å². The Labute approximate surface area is 126 Å². The molecule has 1 aromatic rings. The smallest absolute Gasteiger partial charge is 0.234 e. The maximum Gasteiger partial charge on any atom is 0.234 e. The zero-order valence-electron chi connectivity index (χ0n) is 12.9. The van der Waals surface area contributed by atoms with E-state index in [1.54, 1.807) is 12.1 Å². The number of nitrogens with zero attached hydrogens (tertiary/aromatic N) is 1. The monoisotopic (exact) mass is 292 g/mol. The van der Waals surface area contributed by atoms with Crippen LogP contribution >= 0.6 is 0 Å². The first-order valence-corrected chi connectivity index (χ1v) is 7.75. The summed E-state index contributed by atoms with van der Waals surface area (Å²) in [6.45, 7) is 3.30. The molecule has 116 valence electrons. The summed E-state index contributed by atoms with van der Waals surface area (Å²) in [5.74, 6) is 0.643. The van der Waals surface area contributed by atoms with E-state index in [0.717, 1.165) is 24.3 Å². The van der Waals surface area contributed by atoms with Crippen LogP contribution in [-0.2, 0) is 11.3 Å². The van der Waals surface area contributed by atoms with Crippen molar-refractivity contribution in [2.75, 3.05) is 13.6 Å². The van der Waals surface area contributed by atoms with Crippen LogP contribution in [0.25, 0.3) is 0 Å². The van der Waals surface area contributed by atoms with Crippen LogP contribution in [0.5, 0.6) is 0 Å². The Morgan fingerprint density at radius 3 is 2.48 bits per heavy atom. The molecule has 4 heteroatoms. The molecule has 0 heterocycles. The molecule has 1 aliphatic carbocycles. The van der Waals surface area contributed by atoms with Gasteiger partial charge in [-0.25, -0.2) is 4.39 Å². The molecule has 1 amide bonds. The molecule has 0 atom stereocenters. The van der Waals surface area contributed by atoms with E-state index in [-0.39, 0.29) is 11.7 Å². The largest absolute Gasteiger partial charge is 0.352 e. The van der Waals surface area contributed by atoms with E-state index in [0.29, 0.717) is 19.1 Å². The molecule has 2 rings (SSSR count). The summed E-state index contributed by atoms with van der Waals surface area (Å²) in [5, 5.41) is 3.12. The zero-order valence-corrected chi connectivity index (χ0v) is 12.9. The maximum atomic E-state index is 12.8. The van der Waals surface area contributed by atoms with Gasteiger partial charge < -0.3 is 5.32 Å². The molecule has 1 aromatic carbocycles. The molecule has 0 aromatic heterocycles. The number of nitrogens with one attached hydrogen (secondary N) is 1. The lowest BCUT2D eigenvalue weighted by atomic mass is 9.87. The van der Waals surface area contributed by atoms with Crippen LogP contribution in [0.3, 0.4) is 0 Å². The van der Waals surface area contributed by atoms with Gasteiger partial charge in [0.15, 0.2) is 0 Å². The van der Waals surface area contributed by atoms with Crippen LogP contribution in [0.2, 0.25) is 0 Å². The molecule has 1 saturated carbocycles. The van der Waals surface area contributed by atoms with E-state index < -0.39 is 0 Å². The van der Waals surface area contributed by atoms with Gasteiger partial charge in [0.2, 0.25) is 5.91 Å². The number of hydrogen-bond acceptors (Lipinski definition) is 2. The van der Waals surface area contributed by atoms with Crippen molar-refractivity contribution < 1.29 is 9.18 Å². The van der Waals surface area contributed by atoms with Crippen molar-refractivity contribution >= 4 is 5.91 Å². The van der Waals surface area contributed by atoms with Crippen molar-refractivity contribution in [3.8, 4) is 0 Å². The molecular formula is C17H25FN2O. The average molecular weight is 292 g/mol. The number of rotatable bonds is 5. The van der Waals surface area contributed by atoms with Crippen molar-refractivity contribution in [3.05, 3.63) is 35.6 Å². The topological polar surface area (TPSA) is 32.3 Å². The highest BCUT2D eigenvalue weighted by Gasteiger charge is 2.20. The van der Waals surface area contributed by atoms with Gasteiger partial charge in [0, 0.05) is 12.6 Å². The van der Waals surface area contributed by atoms with Gasteiger partial charge in [0.05, 0.1) is 6.54 Å². The summed E-state index contributed by atoms with van der Waals surface area (Å²) in [6.07, 6.45) is 4.59. The Morgan fingerprint density at radius 1 is 1.24 bits per heavy atom. The predicted octanol–water partition coefficient (Wildman–Crippen LogP) is 2.95. The molecule has 1 fully saturated rings. The third-order valence-corrected chi connectivity index (χ3v) is 4.16. The average Bonchev–Trinajstić information content (AvgIpc) is 2.44. The molecule has 3 nitrogen and oxygen atoms in total. The summed E-state index contributed by atoms with van der Waals surface area (Å²) < 4.78 is 12.8. The first kappa shape index (κ1) is 16.0. The molecule has 0 spiro atoms. The fourth-order valence-corrected chi connectivity index (χ4v) is 2.88. The van der Waals surface area contributed by atoms with Gasteiger partial charge in [-0.3, -0.25) is 9.69 Å². The number of likely N-dealkylation sites (N-methyl/N-ethyl adjacent to an activating group) is 1. The number of carbonyl (C=O) groups is 1. The zero-order chi connectivity index (χ0) is 15.2. The number of halogens is 1. The second kappa shape index (κ2) is 7.55. The number of benzene rings is 1. The van der Waals surface area contributed by atoms with Crippen LogP contribution in [0, 0.1) is 11.7 Å². The van der Waals surface area contributed by atoms with Gasteiger partial charge in [-0.15, -0.1) is 0 Å². The van der Waals surface area contributed by atoms with Crippen molar-refractivity contribution in [1.82, 2.24) is 10.2 Å². The summed E-state index contributed by atoms with van der Waals surface area (Å²) in [5.41, 5.74) is 1.01. The van der Waals surface area contributed by atoms with Gasteiger partial charge in [-0.05, 0) is 56.3 Å². The van der Waals surface area contributed by atoms with Crippen molar-refractivity contribution in [1.29, 1.82) is 0 Å². The molecule has 0 bridgehead atoms. The molecule has 1 aliphatic rings. The number of hydrogen-bond donors (Lipinski definition) is 1. The summed E-state index contributed by atoms with van der Waals surface area (Å²) in [7, 11) is 1.91. The maximum absolute atomic E-state index is 12.8. The fraction of sp³-hybridized carbons (Fsp3) is 0.588. The quantitative estimate of drug-likeness (QED) is 0.905. The van der Waals surface area contributed by atoms with E-state index in [4.69, 9.17) is 0 Å². The third-order valence-electron chi connectivity index (χ3n) is 4.16. The van der Waals surface area contributed by atoms with E-state index in [9.17, 15) is 9.18 Å². The Morgan fingerprint density at radius 2 is 1.86 bits per heavy atom. The Bertz CT molecular complexity index is 452. The molecule has 21 heavy (non-hydrogen) atoms. The highest BCUT2D eigenvalue weighted by Crippen LogP contribution is 2.23. The first-order chi connectivity index (χ1) is 10.0. The molecule has 0 aliphatic heterocycles. The Balaban J connectivity index is 1.73. The van der Waals surface area contributed by atoms with Gasteiger partial charge in [0.25, 0.3) is 0 Å². The van der Waals surface area contributed by atoms with Gasteiger partial charge in [-0.1, -0.05) is 19.1 Å². The molecule has 0 radical (unpaired) electrons.